The summed E-state index contributed by atoms with van der Waals surface area (Å²) in [4.78, 5) is 25.7. The predicted octanol–water partition coefficient (Wildman–Crippen LogP) is 5.79. The quantitative estimate of drug-likeness (QED) is 0.317. The van der Waals surface area contributed by atoms with Crippen molar-refractivity contribution in [3.05, 3.63) is 120 Å². The van der Waals surface area contributed by atoms with E-state index in [0.29, 0.717) is 33.8 Å². The summed E-state index contributed by atoms with van der Waals surface area (Å²) in [6.07, 6.45) is 0. The summed E-state index contributed by atoms with van der Waals surface area (Å²) in [6, 6.07) is 31.8. The van der Waals surface area contributed by atoms with Gasteiger partial charge in [0.05, 0.1) is 11.1 Å². The molecule has 4 aromatic carbocycles. The van der Waals surface area contributed by atoms with Gasteiger partial charge in [-0.2, -0.15) is 0 Å². The van der Waals surface area contributed by atoms with Gasteiger partial charge in [0.1, 0.15) is 11.5 Å². The average molecular weight is 394 g/mol. The number of carbonyl (C=O) groups excluding carboxylic acids is 2. The van der Waals surface area contributed by atoms with E-state index in [1.807, 2.05) is 24.3 Å². The second-order valence-electron chi connectivity index (χ2n) is 6.50. The Morgan fingerprint density at radius 1 is 0.433 bits per heavy atom. The number of carbonyl (C=O) groups is 2. The van der Waals surface area contributed by atoms with Gasteiger partial charge in [-0.3, -0.25) is 0 Å². The van der Waals surface area contributed by atoms with Crippen molar-refractivity contribution in [2.75, 3.05) is 0 Å². The molecule has 0 aliphatic rings. The maximum Gasteiger partial charge on any atom is 0.344 e. The van der Waals surface area contributed by atoms with E-state index >= 15 is 0 Å². The second-order valence-corrected chi connectivity index (χ2v) is 6.50. The molecule has 4 nitrogen and oxygen atoms in total. The minimum absolute atomic E-state index is 0.362. The van der Waals surface area contributed by atoms with Gasteiger partial charge in [0, 0.05) is 0 Å². The van der Waals surface area contributed by atoms with Gasteiger partial charge in [-0.1, -0.05) is 72.8 Å². The predicted molar refractivity (Wildman–Crippen MR) is 115 cm³/mol. The standard InChI is InChI=1S/C26H18O4/c27-25(29-19-11-3-1-4-12-19)23-17-9-7-15-21(23)22-16-8-10-18-24(22)26(28)30-20-13-5-2-6-14-20/h1-18H. The van der Waals surface area contributed by atoms with E-state index in [0.717, 1.165) is 0 Å². The van der Waals surface area contributed by atoms with Crippen LogP contribution in [-0.4, -0.2) is 11.9 Å². The lowest BCUT2D eigenvalue weighted by atomic mass is 9.95. The third kappa shape index (κ3) is 4.28. The number of benzene rings is 4. The topological polar surface area (TPSA) is 52.6 Å². The number of hydrogen-bond acceptors (Lipinski definition) is 4. The molecular weight excluding hydrogens is 376 g/mol. The Morgan fingerprint density at radius 2 is 0.767 bits per heavy atom. The second kappa shape index (κ2) is 8.88. The summed E-state index contributed by atoms with van der Waals surface area (Å²) >= 11 is 0. The van der Waals surface area contributed by atoms with Crippen LogP contribution in [0.3, 0.4) is 0 Å². The number of rotatable bonds is 5. The first-order valence-electron chi connectivity index (χ1n) is 9.45. The van der Waals surface area contributed by atoms with Gasteiger partial charge >= 0.3 is 11.9 Å². The van der Waals surface area contributed by atoms with Gasteiger partial charge in [-0.05, 0) is 47.5 Å². The zero-order chi connectivity index (χ0) is 20.8. The van der Waals surface area contributed by atoms with Gasteiger partial charge in [0.2, 0.25) is 0 Å². The first kappa shape index (κ1) is 19.2. The molecule has 0 aromatic heterocycles. The molecule has 0 heterocycles. The van der Waals surface area contributed by atoms with Crippen LogP contribution in [0.2, 0.25) is 0 Å². The molecular formula is C26H18O4. The van der Waals surface area contributed by atoms with Crippen molar-refractivity contribution in [3.63, 3.8) is 0 Å². The first-order chi connectivity index (χ1) is 14.7. The average Bonchev–Trinajstić information content (AvgIpc) is 2.80. The minimum atomic E-state index is -0.497. The van der Waals surface area contributed by atoms with Crippen molar-refractivity contribution in [1.29, 1.82) is 0 Å². The van der Waals surface area contributed by atoms with E-state index in [1.165, 1.54) is 0 Å². The molecule has 0 saturated carbocycles. The highest BCUT2D eigenvalue weighted by molar-refractivity contribution is 6.04. The van der Waals surface area contributed by atoms with Crippen LogP contribution in [0.1, 0.15) is 20.7 Å². The lowest BCUT2D eigenvalue weighted by Gasteiger charge is -2.13. The molecule has 0 N–H and O–H groups in total. The Labute approximate surface area is 174 Å². The van der Waals surface area contributed by atoms with Gasteiger partial charge < -0.3 is 9.47 Å². The third-order valence-corrected chi connectivity index (χ3v) is 4.49. The van der Waals surface area contributed by atoms with E-state index in [2.05, 4.69) is 0 Å². The molecule has 0 radical (unpaired) electrons. The molecule has 0 aliphatic carbocycles. The highest BCUT2D eigenvalue weighted by Crippen LogP contribution is 2.29. The van der Waals surface area contributed by atoms with E-state index in [4.69, 9.17) is 9.47 Å². The zero-order valence-electron chi connectivity index (χ0n) is 16.0. The first-order valence-corrected chi connectivity index (χ1v) is 9.45. The van der Waals surface area contributed by atoms with Crippen LogP contribution in [0.4, 0.5) is 0 Å². The number of hydrogen-bond donors (Lipinski definition) is 0. The van der Waals surface area contributed by atoms with Gasteiger partial charge in [0.15, 0.2) is 0 Å². The lowest BCUT2D eigenvalue weighted by Crippen LogP contribution is -2.13. The van der Waals surface area contributed by atoms with Gasteiger partial charge in [0.25, 0.3) is 0 Å². The van der Waals surface area contributed by atoms with Crippen molar-refractivity contribution in [2.24, 2.45) is 0 Å². The van der Waals surface area contributed by atoms with Crippen molar-refractivity contribution in [3.8, 4) is 22.6 Å². The van der Waals surface area contributed by atoms with Crippen LogP contribution < -0.4 is 9.47 Å². The van der Waals surface area contributed by atoms with Crippen LogP contribution >= 0.6 is 0 Å². The monoisotopic (exact) mass is 394 g/mol. The highest BCUT2D eigenvalue weighted by atomic mass is 16.5. The number of ether oxygens (including phenoxy) is 2. The number of para-hydroxylation sites is 2. The smallest absolute Gasteiger partial charge is 0.344 e. The lowest BCUT2D eigenvalue weighted by molar-refractivity contribution is 0.0723. The van der Waals surface area contributed by atoms with Crippen LogP contribution in [0.5, 0.6) is 11.5 Å². The molecule has 4 rings (SSSR count). The minimum Gasteiger partial charge on any atom is -0.423 e. The van der Waals surface area contributed by atoms with E-state index in [9.17, 15) is 9.59 Å². The molecule has 0 saturated heterocycles. The Morgan fingerprint density at radius 3 is 1.17 bits per heavy atom. The number of esters is 2. The van der Waals surface area contributed by atoms with Crippen molar-refractivity contribution < 1.29 is 19.1 Å². The van der Waals surface area contributed by atoms with Crippen molar-refractivity contribution >= 4 is 11.9 Å². The normalized spacial score (nSPS) is 10.3. The van der Waals surface area contributed by atoms with Crippen LogP contribution in [0, 0.1) is 0 Å². The van der Waals surface area contributed by atoms with Gasteiger partial charge in [-0.15, -0.1) is 0 Å². The van der Waals surface area contributed by atoms with Crippen molar-refractivity contribution in [1.82, 2.24) is 0 Å². The third-order valence-electron chi connectivity index (χ3n) is 4.49. The SMILES string of the molecule is O=C(Oc1ccccc1)c1ccccc1-c1ccccc1C(=O)Oc1ccccc1. The zero-order valence-corrected chi connectivity index (χ0v) is 16.0. The maximum atomic E-state index is 12.8. The largest absolute Gasteiger partial charge is 0.423 e. The Kier molecular flexibility index (Phi) is 5.67. The maximum absolute atomic E-state index is 12.8. The van der Waals surface area contributed by atoms with E-state index < -0.39 is 11.9 Å². The van der Waals surface area contributed by atoms with Gasteiger partial charge in [-0.25, -0.2) is 9.59 Å². The molecule has 0 unspecified atom stereocenters. The molecule has 0 fully saturated rings. The van der Waals surface area contributed by atoms with Crippen molar-refractivity contribution in [2.45, 2.75) is 0 Å². The fourth-order valence-corrected chi connectivity index (χ4v) is 3.09. The Balaban J connectivity index is 1.68. The molecule has 0 atom stereocenters. The molecule has 4 heteroatoms. The van der Waals surface area contributed by atoms with Crippen LogP contribution in [0.25, 0.3) is 11.1 Å². The Hall–Kier alpha value is -4.18. The molecule has 0 amide bonds. The van der Waals surface area contributed by atoms with E-state index in [-0.39, 0.29) is 0 Å². The molecule has 0 aliphatic heterocycles. The summed E-state index contributed by atoms with van der Waals surface area (Å²) in [5.41, 5.74) is 1.92. The fraction of sp³-hybridized carbons (Fsp3) is 0. The van der Waals surface area contributed by atoms with Crippen LogP contribution in [0.15, 0.2) is 109 Å². The Bertz CT molecular complexity index is 1070. The molecule has 4 aromatic rings. The molecule has 0 bridgehead atoms. The van der Waals surface area contributed by atoms with Crippen LogP contribution in [-0.2, 0) is 0 Å². The summed E-state index contributed by atoms with van der Waals surface area (Å²) in [6.45, 7) is 0. The van der Waals surface area contributed by atoms with E-state index in [1.54, 1.807) is 84.9 Å². The molecule has 146 valence electrons. The summed E-state index contributed by atoms with van der Waals surface area (Å²) in [5, 5.41) is 0. The fourth-order valence-electron chi connectivity index (χ4n) is 3.09. The highest BCUT2D eigenvalue weighted by Gasteiger charge is 2.20. The molecule has 0 spiro atoms. The summed E-state index contributed by atoms with van der Waals surface area (Å²) in [7, 11) is 0. The molecule has 30 heavy (non-hydrogen) atoms. The summed E-state index contributed by atoms with van der Waals surface area (Å²) < 4.78 is 11.0. The summed E-state index contributed by atoms with van der Waals surface area (Å²) in [5.74, 6) is -0.0887.